The summed E-state index contributed by atoms with van der Waals surface area (Å²) in [5.41, 5.74) is 0.502. The highest BCUT2D eigenvalue weighted by Crippen LogP contribution is 2.35. The van der Waals surface area contributed by atoms with Gasteiger partial charge in [0.15, 0.2) is 0 Å². The number of carbonyl (C=O) groups is 1. The van der Waals surface area contributed by atoms with E-state index in [2.05, 4.69) is 6.92 Å². The summed E-state index contributed by atoms with van der Waals surface area (Å²) in [5.74, 6) is 0.361. The van der Waals surface area contributed by atoms with Crippen LogP contribution in [0.3, 0.4) is 0 Å². The number of hydrogen-bond acceptors (Lipinski definition) is 2. The summed E-state index contributed by atoms with van der Waals surface area (Å²) in [6.45, 7) is 8.43. The lowest BCUT2D eigenvalue weighted by Gasteiger charge is -2.26. The quantitative estimate of drug-likeness (QED) is 0.807. The molecule has 0 spiro atoms. The topological polar surface area (TPSA) is 46.5 Å². The molecule has 0 radical (unpaired) electrons. The molecule has 1 aromatic rings. The zero-order valence-electron chi connectivity index (χ0n) is 12.3. The van der Waals surface area contributed by atoms with E-state index in [0.29, 0.717) is 19.4 Å². The maximum atomic E-state index is 11.3. The standard InChI is InChI=1S/C16H24O3/c1-5-16(4,15(17)18)11-12(3)13-7-9-14(10-8-13)19-6-2/h7-10,12H,5-6,11H2,1-4H3,(H,17,18). The first-order valence-electron chi connectivity index (χ1n) is 6.89. The zero-order valence-corrected chi connectivity index (χ0v) is 12.3. The van der Waals surface area contributed by atoms with Crippen LogP contribution >= 0.6 is 0 Å². The number of aliphatic carboxylic acids is 1. The fourth-order valence-electron chi connectivity index (χ4n) is 2.24. The van der Waals surface area contributed by atoms with Crippen LogP contribution in [0.2, 0.25) is 0 Å². The lowest BCUT2D eigenvalue weighted by Crippen LogP contribution is -2.28. The molecular formula is C16H24O3. The van der Waals surface area contributed by atoms with Gasteiger partial charge < -0.3 is 9.84 Å². The molecule has 2 atom stereocenters. The number of carboxylic acids is 1. The number of carboxylic acid groups (broad SMARTS) is 1. The molecule has 1 aromatic carbocycles. The lowest BCUT2D eigenvalue weighted by molar-refractivity contribution is -0.148. The van der Waals surface area contributed by atoms with Gasteiger partial charge in [-0.3, -0.25) is 4.79 Å². The third-order valence-corrected chi connectivity index (χ3v) is 3.81. The van der Waals surface area contributed by atoms with Crippen molar-refractivity contribution in [3.05, 3.63) is 29.8 Å². The largest absolute Gasteiger partial charge is 0.494 e. The number of hydrogen-bond donors (Lipinski definition) is 1. The third kappa shape index (κ3) is 3.98. The Balaban J connectivity index is 2.77. The maximum absolute atomic E-state index is 11.3. The normalized spacial score (nSPS) is 15.6. The molecule has 0 aliphatic carbocycles. The van der Waals surface area contributed by atoms with Crippen molar-refractivity contribution in [1.29, 1.82) is 0 Å². The summed E-state index contributed by atoms with van der Waals surface area (Å²) in [6, 6.07) is 7.93. The smallest absolute Gasteiger partial charge is 0.309 e. The van der Waals surface area contributed by atoms with Gasteiger partial charge in [-0.2, -0.15) is 0 Å². The summed E-state index contributed by atoms with van der Waals surface area (Å²) >= 11 is 0. The first-order chi connectivity index (χ1) is 8.92. The highest BCUT2D eigenvalue weighted by molar-refractivity contribution is 5.74. The van der Waals surface area contributed by atoms with Gasteiger partial charge in [0.05, 0.1) is 12.0 Å². The molecule has 0 heterocycles. The second-order valence-electron chi connectivity index (χ2n) is 5.33. The summed E-state index contributed by atoms with van der Waals surface area (Å²) in [6.07, 6.45) is 1.29. The predicted octanol–water partition coefficient (Wildman–Crippen LogP) is 4.08. The van der Waals surface area contributed by atoms with E-state index in [-0.39, 0.29) is 5.92 Å². The van der Waals surface area contributed by atoms with Gasteiger partial charge >= 0.3 is 5.97 Å². The van der Waals surface area contributed by atoms with E-state index in [0.717, 1.165) is 11.3 Å². The third-order valence-electron chi connectivity index (χ3n) is 3.81. The van der Waals surface area contributed by atoms with Crippen molar-refractivity contribution in [2.75, 3.05) is 6.61 Å². The van der Waals surface area contributed by atoms with Crippen LogP contribution in [0.5, 0.6) is 5.75 Å². The molecule has 0 amide bonds. The Labute approximate surface area is 115 Å². The van der Waals surface area contributed by atoms with E-state index >= 15 is 0 Å². The average Bonchev–Trinajstić information content (AvgIpc) is 2.39. The second-order valence-corrected chi connectivity index (χ2v) is 5.33. The van der Waals surface area contributed by atoms with Crippen molar-refractivity contribution < 1.29 is 14.6 Å². The molecular weight excluding hydrogens is 240 g/mol. The maximum Gasteiger partial charge on any atom is 0.309 e. The van der Waals surface area contributed by atoms with Gasteiger partial charge in [0.1, 0.15) is 5.75 Å². The van der Waals surface area contributed by atoms with Crippen LogP contribution in [0.25, 0.3) is 0 Å². The Bertz CT molecular complexity index is 411. The van der Waals surface area contributed by atoms with Crippen molar-refractivity contribution >= 4 is 5.97 Å². The van der Waals surface area contributed by atoms with Crippen molar-refractivity contribution in [1.82, 2.24) is 0 Å². The Morgan fingerprint density at radius 2 is 1.89 bits per heavy atom. The van der Waals surface area contributed by atoms with Crippen LogP contribution in [0.1, 0.15) is 52.0 Å². The van der Waals surface area contributed by atoms with Gasteiger partial charge in [0.25, 0.3) is 0 Å². The Hall–Kier alpha value is -1.51. The van der Waals surface area contributed by atoms with Crippen LogP contribution in [-0.2, 0) is 4.79 Å². The minimum Gasteiger partial charge on any atom is -0.494 e. The van der Waals surface area contributed by atoms with Gasteiger partial charge in [-0.15, -0.1) is 0 Å². The summed E-state index contributed by atoms with van der Waals surface area (Å²) in [4.78, 5) is 11.3. The van der Waals surface area contributed by atoms with E-state index in [1.807, 2.05) is 45.0 Å². The molecule has 1 rings (SSSR count). The molecule has 0 aromatic heterocycles. The Morgan fingerprint density at radius 3 is 2.32 bits per heavy atom. The number of benzene rings is 1. The van der Waals surface area contributed by atoms with E-state index in [1.165, 1.54) is 0 Å². The molecule has 19 heavy (non-hydrogen) atoms. The molecule has 0 fully saturated rings. The zero-order chi connectivity index (χ0) is 14.5. The summed E-state index contributed by atoms with van der Waals surface area (Å²) in [5, 5.41) is 9.32. The van der Waals surface area contributed by atoms with Crippen molar-refractivity contribution in [2.45, 2.75) is 46.5 Å². The lowest BCUT2D eigenvalue weighted by atomic mass is 9.77. The fraction of sp³-hybridized carbons (Fsp3) is 0.562. The van der Waals surface area contributed by atoms with Gasteiger partial charge in [0, 0.05) is 0 Å². The molecule has 0 saturated carbocycles. The number of rotatable bonds is 7. The monoisotopic (exact) mass is 264 g/mol. The van der Waals surface area contributed by atoms with Crippen LogP contribution in [0, 0.1) is 5.41 Å². The van der Waals surface area contributed by atoms with Crippen LogP contribution in [0.15, 0.2) is 24.3 Å². The molecule has 2 unspecified atom stereocenters. The molecule has 0 aliphatic heterocycles. The fourth-order valence-corrected chi connectivity index (χ4v) is 2.24. The Morgan fingerprint density at radius 1 is 1.32 bits per heavy atom. The first kappa shape index (κ1) is 15.5. The molecule has 0 aliphatic rings. The molecule has 1 N–H and O–H groups in total. The van der Waals surface area contributed by atoms with Crippen LogP contribution in [-0.4, -0.2) is 17.7 Å². The molecule has 0 bridgehead atoms. The molecule has 3 heteroatoms. The van der Waals surface area contributed by atoms with Gasteiger partial charge in [-0.05, 0) is 50.3 Å². The van der Waals surface area contributed by atoms with Crippen molar-refractivity contribution in [3.8, 4) is 5.75 Å². The SMILES string of the molecule is CCOc1ccc(C(C)CC(C)(CC)C(=O)O)cc1. The van der Waals surface area contributed by atoms with Crippen LogP contribution < -0.4 is 4.74 Å². The number of ether oxygens (including phenoxy) is 1. The van der Waals surface area contributed by atoms with E-state index in [1.54, 1.807) is 0 Å². The molecule has 3 nitrogen and oxygen atoms in total. The molecule has 0 saturated heterocycles. The van der Waals surface area contributed by atoms with E-state index in [9.17, 15) is 9.90 Å². The minimum atomic E-state index is -0.715. The van der Waals surface area contributed by atoms with E-state index in [4.69, 9.17) is 4.74 Å². The Kier molecular flexibility index (Phi) is 5.40. The minimum absolute atomic E-state index is 0.219. The highest BCUT2D eigenvalue weighted by Gasteiger charge is 2.33. The van der Waals surface area contributed by atoms with Crippen molar-refractivity contribution in [3.63, 3.8) is 0 Å². The average molecular weight is 264 g/mol. The van der Waals surface area contributed by atoms with Gasteiger partial charge in [0.2, 0.25) is 0 Å². The van der Waals surface area contributed by atoms with E-state index < -0.39 is 11.4 Å². The summed E-state index contributed by atoms with van der Waals surface area (Å²) in [7, 11) is 0. The highest BCUT2D eigenvalue weighted by atomic mass is 16.5. The van der Waals surface area contributed by atoms with Crippen LogP contribution in [0.4, 0.5) is 0 Å². The first-order valence-corrected chi connectivity index (χ1v) is 6.89. The summed E-state index contributed by atoms with van der Waals surface area (Å²) < 4.78 is 5.41. The molecule has 106 valence electrons. The predicted molar refractivity (Wildman–Crippen MR) is 76.7 cm³/mol. The van der Waals surface area contributed by atoms with Gasteiger partial charge in [-0.25, -0.2) is 0 Å². The second kappa shape index (κ2) is 6.60. The van der Waals surface area contributed by atoms with Crippen molar-refractivity contribution in [2.24, 2.45) is 5.41 Å². The van der Waals surface area contributed by atoms with Gasteiger partial charge in [-0.1, -0.05) is 26.0 Å².